The number of rotatable bonds is 13. The minimum atomic E-state index is -1.17. The molecule has 0 amide bonds. The number of nitrogens with zero attached hydrogens (tertiary/aromatic N) is 4. The van der Waals surface area contributed by atoms with Gasteiger partial charge in [0.1, 0.15) is 11.9 Å². The first-order valence-corrected chi connectivity index (χ1v) is 21.5. The number of aliphatic hydroxyl groups is 1. The van der Waals surface area contributed by atoms with Gasteiger partial charge in [-0.2, -0.15) is 0 Å². The molecule has 4 saturated carbocycles. The Labute approximate surface area is 336 Å². The number of Topliss-reactive ketones (excluding diaryl/α,β-unsaturated/α-hetero) is 1. The van der Waals surface area contributed by atoms with E-state index < -0.39 is 28.9 Å². The number of hydrogen-bond donors (Lipinski definition) is 2. The number of ether oxygens (including phenoxy) is 1. The first kappa shape index (κ1) is 42.9. The minimum Gasteiger partial charge on any atom is -0.481 e. The molecule has 2 unspecified atom stereocenters. The van der Waals surface area contributed by atoms with E-state index in [0.717, 1.165) is 75.9 Å². The van der Waals surface area contributed by atoms with Crippen LogP contribution in [0.15, 0.2) is 29.6 Å². The quantitative estimate of drug-likeness (QED) is 0.193. The van der Waals surface area contributed by atoms with Gasteiger partial charge in [-0.25, -0.2) is 9.97 Å². The lowest BCUT2D eigenvalue weighted by molar-refractivity contribution is -0.235. The lowest BCUT2D eigenvalue weighted by Crippen LogP contribution is -2.66. The molecular weight excluding hydrogens is 705 g/mol. The second kappa shape index (κ2) is 15.2. The van der Waals surface area contributed by atoms with Crippen molar-refractivity contribution in [3.8, 4) is 0 Å². The van der Waals surface area contributed by atoms with Crippen LogP contribution >= 0.6 is 0 Å². The summed E-state index contributed by atoms with van der Waals surface area (Å²) in [6.07, 6.45) is 10.6. The van der Waals surface area contributed by atoms with Gasteiger partial charge in [0.25, 0.3) is 0 Å². The lowest BCUT2D eigenvalue weighted by Gasteiger charge is -2.72. The summed E-state index contributed by atoms with van der Waals surface area (Å²) in [6.45, 7) is 22.3. The fourth-order valence-corrected chi connectivity index (χ4v) is 13.5. The maximum atomic E-state index is 14.3. The fraction of sp³-hybridized carbons (Fsp3) is 0.804. The van der Waals surface area contributed by atoms with E-state index in [0.29, 0.717) is 31.3 Å². The first-order chi connectivity index (χ1) is 26.0. The van der Waals surface area contributed by atoms with Gasteiger partial charge < -0.3 is 19.8 Å². The standard InChI is InChI=1S/C46H72N4O6/c1-29(2)38-31(51)25-46(34(52)27-50(24-23-49(10)11)28-36-47-21-12-22-48-36)20-19-44(8)30(39(38)46)13-14-33-43(7)17-16-35(56-37(53)26-41(3,4)40(54)55)42(5,6)32(43)15-18-45(33,44)9/h12,21-22,29-30,32-35,52H,13-20,23-28H2,1-11H3,(H,54,55)/t30-,32+,33-,34?,35+,43+,44-,45-,46?/m1/s1. The average Bonchev–Trinajstić information content (AvgIpc) is 3.42. The molecule has 10 nitrogen and oxygen atoms in total. The van der Waals surface area contributed by atoms with Gasteiger partial charge in [-0.3, -0.25) is 19.3 Å². The third kappa shape index (κ3) is 7.09. The van der Waals surface area contributed by atoms with Crippen molar-refractivity contribution in [1.29, 1.82) is 0 Å². The molecule has 0 spiro atoms. The number of carboxylic acid groups (broad SMARTS) is 1. The summed E-state index contributed by atoms with van der Waals surface area (Å²) in [5.41, 5.74) is 0.328. The molecule has 1 aromatic rings. The number of hydrogen-bond acceptors (Lipinski definition) is 9. The van der Waals surface area contributed by atoms with Crippen LogP contribution in [-0.4, -0.2) is 93.6 Å². The summed E-state index contributed by atoms with van der Waals surface area (Å²) < 4.78 is 6.19. The highest BCUT2D eigenvalue weighted by atomic mass is 16.5. The Morgan fingerprint density at radius 1 is 0.929 bits per heavy atom. The molecule has 1 aromatic heterocycles. The lowest BCUT2D eigenvalue weighted by atomic mass is 9.33. The van der Waals surface area contributed by atoms with Crippen LogP contribution in [0.25, 0.3) is 0 Å². The van der Waals surface area contributed by atoms with Gasteiger partial charge in [0.2, 0.25) is 0 Å². The predicted octanol–water partition coefficient (Wildman–Crippen LogP) is 7.59. The highest BCUT2D eigenvalue weighted by Crippen LogP contribution is 2.77. The molecule has 0 aromatic carbocycles. The van der Waals surface area contributed by atoms with Crippen molar-refractivity contribution in [2.45, 2.75) is 145 Å². The molecule has 0 saturated heterocycles. The Bertz CT molecular complexity index is 1690. The van der Waals surface area contributed by atoms with E-state index in [1.807, 2.05) is 6.07 Å². The number of aliphatic hydroxyl groups excluding tert-OH is 1. The van der Waals surface area contributed by atoms with E-state index >= 15 is 0 Å². The van der Waals surface area contributed by atoms with Crippen molar-refractivity contribution in [1.82, 2.24) is 19.8 Å². The fourth-order valence-electron chi connectivity index (χ4n) is 13.5. The molecule has 4 fully saturated rings. The Balaban J connectivity index is 1.29. The number of carbonyl (C=O) groups excluding carboxylic acids is 2. The largest absolute Gasteiger partial charge is 0.481 e. The van der Waals surface area contributed by atoms with Crippen LogP contribution in [0.3, 0.4) is 0 Å². The van der Waals surface area contributed by atoms with Gasteiger partial charge in [-0.05, 0) is 131 Å². The topological polar surface area (TPSA) is 133 Å². The van der Waals surface area contributed by atoms with Crippen LogP contribution in [0.2, 0.25) is 0 Å². The van der Waals surface area contributed by atoms with Crippen molar-refractivity contribution < 1.29 is 29.3 Å². The van der Waals surface area contributed by atoms with E-state index in [4.69, 9.17) is 4.74 Å². The van der Waals surface area contributed by atoms with Crippen molar-refractivity contribution in [3.63, 3.8) is 0 Å². The summed E-state index contributed by atoms with van der Waals surface area (Å²) in [4.78, 5) is 52.7. The van der Waals surface area contributed by atoms with Gasteiger partial charge in [-0.1, -0.05) is 54.0 Å². The van der Waals surface area contributed by atoms with Crippen molar-refractivity contribution >= 4 is 17.7 Å². The molecule has 6 rings (SSSR count). The predicted molar refractivity (Wildman–Crippen MR) is 217 cm³/mol. The van der Waals surface area contributed by atoms with Gasteiger partial charge in [-0.15, -0.1) is 0 Å². The summed E-state index contributed by atoms with van der Waals surface area (Å²) >= 11 is 0. The third-order valence-corrected chi connectivity index (χ3v) is 16.8. The van der Waals surface area contributed by atoms with Crippen LogP contribution < -0.4 is 0 Å². The first-order valence-electron chi connectivity index (χ1n) is 21.5. The molecule has 9 atom stereocenters. The molecule has 312 valence electrons. The Hall–Kier alpha value is -2.69. The van der Waals surface area contributed by atoms with Crippen molar-refractivity contribution in [2.75, 3.05) is 33.7 Å². The van der Waals surface area contributed by atoms with Crippen LogP contribution in [0, 0.1) is 56.2 Å². The molecule has 10 heteroatoms. The summed E-state index contributed by atoms with van der Waals surface area (Å²) in [6, 6.07) is 1.83. The molecule has 0 aliphatic heterocycles. The molecule has 0 bridgehead atoms. The van der Waals surface area contributed by atoms with Gasteiger partial charge >= 0.3 is 11.9 Å². The van der Waals surface area contributed by atoms with E-state index in [-0.39, 0.29) is 51.8 Å². The van der Waals surface area contributed by atoms with Gasteiger partial charge in [0.15, 0.2) is 5.78 Å². The van der Waals surface area contributed by atoms with E-state index in [2.05, 4.69) is 82.3 Å². The number of esters is 1. The van der Waals surface area contributed by atoms with Crippen molar-refractivity contribution in [3.05, 3.63) is 35.4 Å². The van der Waals surface area contributed by atoms with E-state index in [1.54, 1.807) is 26.2 Å². The van der Waals surface area contributed by atoms with Crippen molar-refractivity contribution in [2.24, 2.45) is 56.2 Å². The smallest absolute Gasteiger partial charge is 0.309 e. The molecule has 5 aliphatic carbocycles. The zero-order valence-corrected chi connectivity index (χ0v) is 36.4. The number of allylic oxidation sites excluding steroid dienone is 1. The normalized spacial score (nSPS) is 35.9. The average molecular weight is 777 g/mol. The number of fused-ring (bicyclic) bond motifs is 7. The maximum absolute atomic E-state index is 14.3. The van der Waals surface area contributed by atoms with Gasteiger partial charge in [0, 0.05) is 49.3 Å². The van der Waals surface area contributed by atoms with Crippen LogP contribution in [-0.2, 0) is 25.7 Å². The highest BCUT2D eigenvalue weighted by molar-refractivity contribution is 6.00. The molecule has 56 heavy (non-hydrogen) atoms. The summed E-state index contributed by atoms with van der Waals surface area (Å²) in [5, 5.41) is 22.3. The summed E-state index contributed by atoms with van der Waals surface area (Å²) in [7, 11) is 4.13. The zero-order valence-electron chi connectivity index (χ0n) is 36.4. The molecule has 2 N–H and O–H groups in total. The monoisotopic (exact) mass is 777 g/mol. The third-order valence-electron chi connectivity index (χ3n) is 16.8. The SMILES string of the molecule is CC(C)C1=C2[C@H]3CC[C@@H]4[C@@]5(C)CC[C@H](OC(=O)CC(C)(C)C(=O)O)C(C)(C)[C@@H]5CC[C@@]4(C)[C@]3(C)CCC2(C(O)CN(CCN(C)C)Cc2ncccn2)CC1=O. The zero-order chi connectivity index (χ0) is 41.2. The Kier molecular flexibility index (Phi) is 11.6. The number of carboxylic acids is 1. The van der Waals surface area contributed by atoms with Gasteiger partial charge in [0.05, 0.1) is 24.5 Å². The Morgan fingerprint density at radius 2 is 1.61 bits per heavy atom. The molecule has 1 heterocycles. The maximum Gasteiger partial charge on any atom is 0.309 e. The van der Waals surface area contributed by atoms with E-state index in [9.17, 15) is 24.6 Å². The molecule has 0 radical (unpaired) electrons. The summed E-state index contributed by atoms with van der Waals surface area (Å²) in [5.74, 6) is 0.708. The van der Waals surface area contributed by atoms with Crippen LogP contribution in [0.1, 0.15) is 132 Å². The molecular formula is C46H72N4O6. The molecule has 5 aliphatic rings. The second-order valence-corrected chi connectivity index (χ2v) is 21.3. The highest BCUT2D eigenvalue weighted by Gasteiger charge is 2.71. The van der Waals surface area contributed by atoms with Crippen LogP contribution in [0.5, 0.6) is 0 Å². The number of aromatic nitrogens is 2. The number of likely N-dealkylation sites (N-methyl/N-ethyl adjacent to an activating group) is 1. The number of carbonyl (C=O) groups is 3. The number of aliphatic carboxylic acids is 1. The minimum absolute atomic E-state index is 0.0342. The number of ketones is 1. The second-order valence-electron chi connectivity index (χ2n) is 21.3. The van der Waals surface area contributed by atoms with Crippen LogP contribution in [0.4, 0.5) is 0 Å². The van der Waals surface area contributed by atoms with E-state index in [1.165, 1.54) is 5.57 Å². The Morgan fingerprint density at radius 3 is 2.23 bits per heavy atom.